The van der Waals surface area contributed by atoms with Gasteiger partial charge < -0.3 is 9.47 Å². The van der Waals surface area contributed by atoms with Crippen molar-refractivity contribution in [2.45, 2.75) is 18.4 Å². The van der Waals surface area contributed by atoms with Gasteiger partial charge >= 0.3 is 0 Å². The molecule has 0 radical (unpaired) electrons. The summed E-state index contributed by atoms with van der Waals surface area (Å²) in [6.45, 7) is 1.43. The summed E-state index contributed by atoms with van der Waals surface area (Å²) in [7, 11) is -2.60. The lowest BCUT2D eigenvalue weighted by atomic mass is 10.2. The van der Waals surface area contributed by atoms with Crippen molar-refractivity contribution < 1.29 is 22.7 Å². The number of carbonyl (C=O) groups is 1. The van der Waals surface area contributed by atoms with E-state index >= 15 is 0 Å². The molecule has 43 heavy (non-hydrogen) atoms. The van der Waals surface area contributed by atoms with E-state index < -0.39 is 22.5 Å². The Bertz CT molecular complexity index is 1770. The van der Waals surface area contributed by atoms with E-state index in [9.17, 15) is 13.2 Å². The molecule has 8 nitrogen and oxygen atoms in total. The zero-order valence-corrected chi connectivity index (χ0v) is 27.5. The number of aryl methyl sites for hydroxylation is 1. The summed E-state index contributed by atoms with van der Waals surface area (Å²) in [6, 6.07) is 21.1. The number of rotatable bonds is 11. The van der Waals surface area contributed by atoms with Gasteiger partial charge in [-0.15, -0.1) is 0 Å². The third-order valence-electron chi connectivity index (χ3n) is 6.10. The van der Waals surface area contributed by atoms with Gasteiger partial charge in [0.1, 0.15) is 13.2 Å². The molecule has 0 unspecified atom stereocenters. The topological polar surface area (TPSA) is 97.3 Å². The van der Waals surface area contributed by atoms with Gasteiger partial charge in [0.05, 0.1) is 28.4 Å². The van der Waals surface area contributed by atoms with Crippen LogP contribution >= 0.6 is 50.7 Å². The molecule has 0 bridgehead atoms. The minimum atomic E-state index is -4.10. The first kappa shape index (κ1) is 32.6. The van der Waals surface area contributed by atoms with Gasteiger partial charge in [-0.1, -0.05) is 65.1 Å². The number of anilines is 1. The maximum Gasteiger partial charge on any atom is 0.264 e. The smallest absolute Gasteiger partial charge is 0.264 e. The third kappa shape index (κ3) is 8.21. The second kappa shape index (κ2) is 14.5. The Labute approximate surface area is 273 Å². The number of halogens is 4. The monoisotopic (exact) mass is 723 g/mol. The van der Waals surface area contributed by atoms with Crippen molar-refractivity contribution in [2.24, 2.45) is 5.10 Å². The zero-order chi connectivity index (χ0) is 31.1. The third-order valence-corrected chi connectivity index (χ3v) is 9.47. The number of benzene rings is 4. The quantitative estimate of drug-likeness (QED) is 0.127. The van der Waals surface area contributed by atoms with Crippen LogP contribution in [0.5, 0.6) is 11.5 Å². The Morgan fingerprint density at radius 3 is 2.42 bits per heavy atom. The number of sulfonamides is 1. The molecule has 0 fully saturated rings. The molecule has 224 valence electrons. The first-order chi connectivity index (χ1) is 20.5. The number of nitrogens with zero attached hydrogens (tertiary/aromatic N) is 2. The van der Waals surface area contributed by atoms with Crippen LogP contribution in [0.15, 0.2) is 93.3 Å². The molecular formula is C30H25BrCl3N3O5S. The van der Waals surface area contributed by atoms with Crippen LogP contribution in [0, 0.1) is 6.92 Å². The highest BCUT2D eigenvalue weighted by Crippen LogP contribution is 2.37. The van der Waals surface area contributed by atoms with Crippen LogP contribution in [0.2, 0.25) is 15.1 Å². The van der Waals surface area contributed by atoms with Crippen LogP contribution in [0.3, 0.4) is 0 Å². The molecule has 0 aliphatic carbocycles. The predicted octanol–water partition coefficient (Wildman–Crippen LogP) is 7.65. The summed E-state index contributed by atoms with van der Waals surface area (Å²) in [6.07, 6.45) is 1.39. The minimum absolute atomic E-state index is 0.0283. The Balaban J connectivity index is 1.50. The average Bonchev–Trinajstić information content (AvgIpc) is 2.98. The largest absolute Gasteiger partial charge is 0.493 e. The Hall–Kier alpha value is -3.28. The molecule has 0 aliphatic rings. The first-order valence-corrected chi connectivity index (χ1v) is 16.0. The maximum atomic E-state index is 13.5. The van der Waals surface area contributed by atoms with Crippen molar-refractivity contribution in [3.63, 3.8) is 0 Å². The fraction of sp³-hybridized carbons (Fsp3) is 0.133. The number of hydrazone groups is 1. The van der Waals surface area contributed by atoms with Crippen molar-refractivity contribution in [3.8, 4) is 11.5 Å². The normalized spacial score (nSPS) is 11.4. The number of nitrogens with one attached hydrogen (secondary N) is 1. The molecule has 1 amide bonds. The standard InChI is InChI=1S/C30H25BrCl3N3O5S/c1-19-8-11-23(15-26(19)33)37(43(39,40)24-6-4-3-5-7-24)17-29(38)36-35-16-20-12-25(31)30(28(13-20)41-2)42-18-21-9-10-22(32)14-27(21)34/h3-16H,17-18H2,1-2H3,(H,36,38)/b35-16-. The van der Waals surface area contributed by atoms with Crippen LogP contribution in [-0.2, 0) is 21.4 Å². The van der Waals surface area contributed by atoms with Gasteiger partial charge in [0.25, 0.3) is 15.9 Å². The van der Waals surface area contributed by atoms with Crippen molar-refractivity contribution in [2.75, 3.05) is 18.0 Å². The van der Waals surface area contributed by atoms with E-state index in [-0.39, 0.29) is 17.2 Å². The van der Waals surface area contributed by atoms with Crippen LogP contribution in [-0.4, -0.2) is 34.2 Å². The zero-order valence-electron chi connectivity index (χ0n) is 22.9. The molecule has 0 atom stereocenters. The van der Waals surface area contributed by atoms with Crippen LogP contribution in [0.4, 0.5) is 5.69 Å². The SMILES string of the molecule is COc1cc(/C=N\NC(=O)CN(c2ccc(C)c(Cl)c2)S(=O)(=O)c2ccccc2)cc(Br)c1OCc1ccc(Cl)cc1Cl. The Kier molecular flexibility index (Phi) is 11.0. The van der Waals surface area contributed by atoms with E-state index in [0.29, 0.717) is 36.6 Å². The van der Waals surface area contributed by atoms with Crippen LogP contribution in [0.25, 0.3) is 0 Å². The number of carbonyl (C=O) groups excluding carboxylic acids is 1. The molecule has 0 saturated heterocycles. The molecule has 0 saturated carbocycles. The van der Waals surface area contributed by atoms with Crippen molar-refractivity contribution in [3.05, 3.63) is 115 Å². The van der Waals surface area contributed by atoms with E-state index in [2.05, 4.69) is 26.5 Å². The molecule has 0 aliphatic heterocycles. The molecular weight excluding hydrogens is 701 g/mol. The molecule has 4 aromatic rings. The summed E-state index contributed by atoms with van der Waals surface area (Å²) in [5.74, 6) is 0.176. The summed E-state index contributed by atoms with van der Waals surface area (Å²) in [4.78, 5) is 13.0. The lowest BCUT2D eigenvalue weighted by Gasteiger charge is -2.24. The van der Waals surface area contributed by atoms with Crippen LogP contribution in [0.1, 0.15) is 16.7 Å². The van der Waals surface area contributed by atoms with E-state index in [0.717, 1.165) is 15.4 Å². The van der Waals surface area contributed by atoms with Crippen molar-refractivity contribution in [1.29, 1.82) is 0 Å². The highest BCUT2D eigenvalue weighted by Gasteiger charge is 2.27. The second-order valence-corrected chi connectivity index (χ2v) is 13.1. The fourth-order valence-electron chi connectivity index (χ4n) is 3.86. The van der Waals surface area contributed by atoms with E-state index in [1.54, 1.807) is 67.6 Å². The Morgan fingerprint density at radius 1 is 1.00 bits per heavy atom. The van der Waals surface area contributed by atoms with Crippen LogP contribution < -0.4 is 19.2 Å². The average molecular weight is 726 g/mol. The van der Waals surface area contributed by atoms with Crippen molar-refractivity contribution >= 4 is 78.6 Å². The maximum absolute atomic E-state index is 13.5. The molecule has 0 heterocycles. The van der Waals surface area contributed by atoms with E-state index in [4.69, 9.17) is 44.3 Å². The summed E-state index contributed by atoms with van der Waals surface area (Å²) < 4.78 is 40.0. The first-order valence-electron chi connectivity index (χ1n) is 12.6. The van der Waals surface area contributed by atoms with Gasteiger partial charge in [-0.2, -0.15) is 5.10 Å². The highest BCUT2D eigenvalue weighted by molar-refractivity contribution is 9.10. The van der Waals surface area contributed by atoms with Crippen molar-refractivity contribution in [1.82, 2.24) is 5.43 Å². The molecule has 13 heteroatoms. The lowest BCUT2D eigenvalue weighted by Crippen LogP contribution is -2.39. The number of amides is 1. The van der Waals surface area contributed by atoms with E-state index in [1.807, 2.05) is 0 Å². The van der Waals surface area contributed by atoms with E-state index in [1.165, 1.54) is 31.5 Å². The minimum Gasteiger partial charge on any atom is -0.493 e. The molecule has 0 spiro atoms. The van der Waals surface area contributed by atoms with Gasteiger partial charge in [0.15, 0.2) is 11.5 Å². The van der Waals surface area contributed by atoms with Gasteiger partial charge in [0.2, 0.25) is 0 Å². The molecule has 4 rings (SSSR count). The fourth-order valence-corrected chi connectivity index (χ4v) is 6.51. The lowest BCUT2D eigenvalue weighted by molar-refractivity contribution is -0.119. The van der Waals surface area contributed by atoms with Gasteiger partial charge in [0, 0.05) is 20.6 Å². The van der Waals surface area contributed by atoms with Gasteiger partial charge in [-0.25, -0.2) is 13.8 Å². The molecule has 0 aromatic heterocycles. The number of methoxy groups -OCH3 is 1. The summed E-state index contributed by atoms with van der Waals surface area (Å²) >= 11 is 22.0. The second-order valence-electron chi connectivity index (χ2n) is 9.11. The molecule has 4 aromatic carbocycles. The summed E-state index contributed by atoms with van der Waals surface area (Å²) in [5.41, 5.74) is 4.70. The number of hydrogen-bond acceptors (Lipinski definition) is 6. The Morgan fingerprint density at radius 2 is 1.74 bits per heavy atom. The highest BCUT2D eigenvalue weighted by atomic mass is 79.9. The summed E-state index contributed by atoms with van der Waals surface area (Å²) in [5, 5.41) is 5.38. The number of ether oxygens (including phenoxy) is 2. The van der Waals surface area contributed by atoms with Gasteiger partial charge in [-0.3, -0.25) is 9.10 Å². The van der Waals surface area contributed by atoms with Gasteiger partial charge in [-0.05, 0) is 82.5 Å². The number of hydrogen-bond donors (Lipinski definition) is 1. The molecule has 1 N–H and O–H groups in total. The predicted molar refractivity (Wildman–Crippen MR) is 174 cm³/mol.